The van der Waals surface area contributed by atoms with Gasteiger partial charge in [-0.1, -0.05) is 0 Å². The van der Waals surface area contributed by atoms with E-state index in [0.717, 1.165) is 12.5 Å². The summed E-state index contributed by atoms with van der Waals surface area (Å²) in [5, 5.41) is 8.76. The number of methoxy groups -OCH3 is 1. The molecule has 1 aliphatic carbocycles. The second-order valence-corrected chi connectivity index (χ2v) is 4.05. The molecule has 4 heteroatoms. The first kappa shape index (κ1) is 11.7. The van der Waals surface area contributed by atoms with Crippen molar-refractivity contribution in [3.05, 3.63) is 23.8 Å². The molecular weight excluding hydrogens is 218 g/mol. The molecule has 0 heterocycles. The van der Waals surface area contributed by atoms with Crippen LogP contribution in [-0.2, 0) is 4.74 Å². The summed E-state index contributed by atoms with van der Waals surface area (Å²) in [6, 6.07) is 7.11. The Labute approximate surface area is 101 Å². The lowest BCUT2D eigenvalue weighted by Crippen LogP contribution is -2.06. The monoisotopic (exact) mass is 233 g/mol. The summed E-state index contributed by atoms with van der Waals surface area (Å²) in [5.74, 6) is 1.88. The van der Waals surface area contributed by atoms with Crippen molar-refractivity contribution in [1.29, 1.82) is 5.26 Å². The minimum atomic E-state index is 0.221. The summed E-state index contributed by atoms with van der Waals surface area (Å²) < 4.78 is 16.0. The fraction of sp³-hybridized carbons (Fsp3) is 0.462. The topological polar surface area (TPSA) is 51.5 Å². The smallest absolute Gasteiger partial charge is 0.189 e. The molecule has 0 spiro atoms. The van der Waals surface area contributed by atoms with Crippen molar-refractivity contribution in [2.75, 3.05) is 20.5 Å². The summed E-state index contributed by atoms with van der Waals surface area (Å²) in [6.45, 7) is 0.983. The van der Waals surface area contributed by atoms with Gasteiger partial charge in [-0.3, -0.25) is 0 Å². The van der Waals surface area contributed by atoms with Crippen LogP contribution in [0.1, 0.15) is 18.4 Å². The molecule has 17 heavy (non-hydrogen) atoms. The molecule has 0 bridgehead atoms. The normalized spacial score (nSPS) is 14.1. The van der Waals surface area contributed by atoms with Crippen molar-refractivity contribution in [3.63, 3.8) is 0 Å². The molecule has 90 valence electrons. The minimum Gasteiger partial charge on any atom is -0.493 e. The van der Waals surface area contributed by atoms with Crippen LogP contribution >= 0.6 is 0 Å². The molecule has 1 aromatic rings. The van der Waals surface area contributed by atoms with Gasteiger partial charge in [-0.2, -0.15) is 5.26 Å². The van der Waals surface area contributed by atoms with Crippen molar-refractivity contribution >= 4 is 0 Å². The van der Waals surface area contributed by atoms with Crippen LogP contribution in [0.5, 0.6) is 11.5 Å². The first-order valence-electron chi connectivity index (χ1n) is 5.62. The summed E-state index contributed by atoms with van der Waals surface area (Å²) in [5.41, 5.74) is 0.549. The molecule has 0 aliphatic heterocycles. The minimum absolute atomic E-state index is 0.221. The number of hydrogen-bond donors (Lipinski definition) is 0. The molecule has 0 saturated heterocycles. The molecule has 1 saturated carbocycles. The molecule has 0 radical (unpaired) electrons. The van der Waals surface area contributed by atoms with Gasteiger partial charge in [-0.05, 0) is 30.9 Å². The van der Waals surface area contributed by atoms with Crippen molar-refractivity contribution in [2.24, 2.45) is 5.92 Å². The average Bonchev–Trinajstić information content (AvgIpc) is 3.18. The molecular formula is C13H15NO3. The third-order valence-corrected chi connectivity index (χ3v) is 2.64. The summed E-state index contributed by atoms with van der Waals surface area (Å²) in [4.78, 5) is 0. The molecule has 2 rings (SSSR count). The van der Waals surface area contributed by atoms with Crippen LogP contribution in [0.25, 0.3) is 0 Å². The van der Waals surface area contributed by atoms with Gasteiger partial charge in [0.25, 0.3) is 0 Å². The van der Waals surface area contributed by atoms with Crippen molar-refractivity contribution in [1.82, 2.24) is 0 Å². The van der Waals surface area contributed by atoms with Gasteiger partial charge in [0.1, 0.15) is 0 Å². The summed E-state index contributed by atoms with van der Waals surface area (Å²) in [7, 11) is 1.55. The van der Waals surface area contributed by atoms with Crippen molar-refractivity contribution < 1.29 is 14.2 Å². The second-order valence-electron chi connectivity index (χ2n) is 4.05. The number of nitriles is 1. The molecule has 1 aromatic carbocycles. The highest BCUT2D eigenvalue weighted by molar-refractivity contribution is 5.46. The first-order chi connectivity index (χ1) is 8.33. The zero-order valence-corrected chi connectivity index (χ0v) is 9.81. The van der Waals surface area contributed by atoms with E-state index in [2.05, 4.69) is 6.07 Å². The number of ether oxygens (including phenoxy) is 3. The number of nitrogens with zero attached hydrogens (tertiary/aromatic N) is 1. The molecule has 0 amide bonds. The van der Waals surface area contributed by atoms with Crippen LogP contribution in [0.15, 0.2) is 18.2 Å². The van der Waals surface area contributed by atoms with Crippen LogP contribution in [0.2, 0.25) is 0 Å². The third-order valence-electron chi connectivity index (χ3n) is 2.64. The predicted octanol–water partition coefficient (Wildman–Crippen LogP) is 2.33. The summed E-state index contributed by atoms with van der Waals surface area (Å²) >= 11 is 0. The van der Waals surface area contributed by atoms with Gasteiger partial charge in [0.05, 0.1) is 25.3 Å². The Bertz CT molecular complexity index is 421. The van der Waals surface area contributed by atoms with E-state index >= 15 is 0 Å². The quantitative estimate of drug-likeness (QED) is 0.559. The van der Waals surface area contributed by atoms with E-state index in [4.69, 9.17) is 19.5 Å². The zero-order valence-electron chi connectivity index (χ0n) is 9.81. The molecule has 1 fully saturated rings. The van der Waals surface area contributed by atoms with Crippen LogP contribution in [0, 0.1) is 17.2 Å². The lowest BCUT2D eigenvalue weighted by molar-refractivity contribution is 0.00866. The third kappa shape index (κ3) is 3.36. The Morgan fingerprint density at radius 1 is 1.35 bits per heavy atom. The Balaban J connectivity index is 1.87. The Morgan fingerprint density at radius 2 is 2.18 bits per heavy atom. The van der Waals surface area contributed by atoms with Gasteiger partial charge < -0.3 is 14.2 Å². The molecule has 1 aliphatic rings. The van der Waals surface area contributed by atoms with Crippen LogP contribution in [0.4, 0.5) is 0 Å². The average molecular weight is 233 g/mol. The maximum atomic E-state index is 8.76. The number of benzene rings is 1. The maximum Gasteiger partial charge on any atom is 0.189 e. The van der Waals surface area contributed by atoms with E-state index in [0.29, 0.717) is 17.1 Å². The molecule has 0 atom stereocenters. The molecule has 0 unspecified atom stereocenters. The van der Waals surface area contributed by atoms with Gasteiger partial charge in [0, 0.05) is 6.07 Å². The van der Waals surface area contributed by atoms with Crippen molar-refractivity contribution in [3.8, 4) is 17.6 Å². The lowest BCUT2D eigenvalue weighted by Gasteiger charge is -2.10. The predicted molar refractivity (Wildman–Crippen MR) is 61.9 cm³/mol. The van der Waals surface area contributed by atoms with Gasteiger partial charge in [-0.25, -0.2) is 0 Å². The van der Waals surface area contributed by atoms with E-state index in [1.54, 1.807) is 25.3 Å². The molecule has 0 N–H and O–H groups in total. The number of rotatable bonds is 6. The molecule has 0 aromatic heterocycles. The fourth-order valence-corrected chi connectivity index (χ4v) is 1.46. The Hall–Kier alpha value is -1.73. The van der Waals surface area contributed by atoms with Gasteiger partial charge in [-0.15, -0.1) is 0 Å². The van der Waals surface area contributed by atoms with Gasteiger partial charge in [0.15, 0.2) is 18.3 Å². The molecule has 4 nitrogen and oxygen atoms in total. The van der Waals surface area contributed by atoms with E-state index < -0.39 is 0 Å². The highest BCUT2D eigenvalue weighted by atomic mass is 16.7. The van der Waals surface area contributed by atoms with Crippen molar-refractivity contribution in [2.45, 2.75) is 12.8 Å². The van der Waals surface area contributed by atoms with E-state index in [-0.39, 0.29) is 6.79 Å². The Kier molecular flexibility index (Phi) is 3.84. The van der Waals surface area contributed by atoms with Crippen LogP contribution < -0.4 is 9.47 Å². The van der Waals surface area contributed by atoms with Crippen LogP contribution in [0.3, 0.4) is 0 Å². The van der Waals surface area contributed by atoms with Crippen LogP contribution in [-0.4, -0.2) is 20.5 Å². The lowest BCUT2D eigenvalue weighted by atomic mass is 10.2. The first-order valence-corrected chi connectivity index (χ1v) is 5.62. The second kappa shape index (κ2) is 5.55. The summed E-state index contributed by atoms with van der Waals surface area (Å²) in [6.07, 6.45) is 2.53. The van der Waals surface area contributed by atoms with E-state index in [9.17, 15) is 0 Å². The largest absolute Gasteiger partial charge is 0.493 e. The van der Waals surface area contributed by atoms with E-state index in [1.165, 1.54) is 12.8 Å². The fourth-order valence-electron chi connectivity index (χ4n) is 1.46. The van der Waals surface area contributed by atoms with Gasteiger partial charge >= 0.3 is 0 Å². The SMILES string of the molecule is COc1cc(C#N)ccc1OCOCC1CC1. The van der Waals surface area contributed by atoms with E-state index in [1.807, 2.05) is 0 Å². The zero-order chi connectivity index (χ0) is 12.1. The number of hydrogen-bond acceptors (Lipinski definition) is 4. The van der Waals surface area contributed by atoms with Gasteiger partial charge in [0.2, 0.25) is 0 Å². The highest BCUT2D eigenvalue weighted by Gasteiger charge is 2.21. The standard InChI is InChI=1S/C13H15NO3/c1-15-13-6-11(7-14)4-5-12(13)17-9-16-8-10-2-3-10/h4-6,10H,2-3,8-9H2,1H3. The highest BCUT2D eigenvalue weighted by Crippen LogP contribution is 2.30. The maximum absolute atomic E-state index is 8.76. The Morgan fingerprint density at radius 3 is 2.82 bits per heavy atom.